The standard InChI is InChI=1S/C14H19BrN2O3/c15-13-4-2-12(20-13)3-5-14(19)17-7-1-6-16(8-9-17)10-11-18/h2-5,18H,1,6-11H2. The first-order valence-corrected chi connectivity index (χ1v) is 7.54. The van der Waals surface area contributed by atoms with E-state index in [1.165, 1.54) is 0 Å². The smallest absolute Gasteiger partial charge is 0.246 e. The first-order valence-electron chi connectivity index (χ1n) is 6.74. The maximum atomic E-state index is 12.1. The highest BCUT2D eigenvalue weighted by molar-refractivity contribution is 9.10. The summed E-state index contributed by atoms with van der Waals surface area (Å²) in [5.41, 5.74) is 0. The minimum Gasteiger partial charge on any atom is -0.450 e. The molecule has 1 fully saturated rings. The SMILES string of the molecule is O=C(C=Cc1ccc(Br)o1)N1CCCN(CCO)CC1. The Bertz CT molecular complexity index is 473. The highest BCUT2D eigenvalue weighted by Gasteiger charge is 2.17. The molecule has 1 aliphatic heterocycles. The van der Waals surface area contributed by atoms with Gasteiger partial charge in [-0.05, 0) is 47.1 Å². The lowest BCUT2D eigenvalue weighted by Crippen LogP contribution is -2.35. The van der Waals surface area contributed by atoms with Crippen molar-refractivity contribution in [1.29, 1.82) is 0 Å². The second-order valence-electron chi connectivity index (χ2n) is 4.72. The quantitative estimate of drug-likeness (QED) is 0.844. The highest BCUT2D eigenvalue weighted by Crippen LogP contribution is 2.15. The van der Waals surface area contributed by atoms with Gasteiger partial charge in [0.2, 0.25) is 5.91 Å². The number of carbonyl (C=O) groups is 1. The third-order valence-electron chi connectivity index (χ3n) is 3.30. The Balaban J connectivity index is 1.87. The van der Waals surface area contributed by atoms with Crippen molar-refractivity contribution in [2.45, 2.75) is 6.42 Å². The maximum Gasteiger partial charge on any atom is 0.246 e. The summed E-state index contributed by atoms with van der Waals surface area (Å²) < 4.78 is 5.97. The normalized spacial score (nSPS) is 17.6. The molecule has 1 saturated heterocycles. The number of hydrogen-bond acceptors (Lipinski definition) is 4. The zero-order valence-electron chi connectivity index (χ0n) is 11.3. The minimum atomic E-state index is 0.00312. The number of aliphatic hydroxyl groups is 1. The Morgan fingerprint density at radius 1 is 1.35 bits per heavy atom. The first-order chi connectivity index (χ1) is 9.69. The van der Waals surface area contributed by atoms with E-state index in [9.17, 15) is 4.79 Å². The Morgan fingerprint density at radius 3 is 2.90 bits per heavy atom. The largest absolute Gasteiger partial charge is 0.450 e. The molecular formula is C14H19BrN2O3. The zero-order chi connectivity index (χ0) is 14.4. The Hall–Kier alpha value is -1.11. The van der Waals surface area contributed by atoms with Gasteiger partial charge in [0.05, 0.1) is 6.61 Å². The molecule has 2 rings (SSSR count). The summed E-state index contributed by atoms with van der Waals surface area (Å²) in [7, 11) is 0. The van der Waals surface area contributed by atoms with Crippen molar-refractivity contribution in [3.05, 3.63) is 28.6 Å². The van der Waals surface area contributed by atoms with E-state index in [0.717, 1.165) is 26.1 Å². The Kier molecular flexibility index (Phi) is 5.82. The van der Waals surface area contributed by atoms with Crippen LogP contribution in [0.1, 0.15) is 12.2 Å². The molecule has 0 aromatic carbocycles. The van der Waals surface area contributed by atoms with E-state index in [1.54, 1.807) is 24.3 Å². The van der Waals surface area contributed by atoms with Crippen molar-refractivity contribution in [3.63, 3.8) is 0 Å². The fourth-order valence-corrected chi connectivity index (χ4v) is 2.55. The predicted molar refractivity (Wildman–Crippen MR) is 80.2 cm³/mol. The van der Waals surface area contributed by atoms with E-state index in [1.807, 2.05) is 4.90 Å². The van der Waals surface area contributed by atoms with Gasteiger partial charge in [0.25, 0.3) is 0 Å². The number of β-amino-alcohol motifs (C(OH)–C–C–N with tert-alkyl or cyclic N) is 1. The van der Waals surface area contributed by atoms with Gasteiger partial charge in [0, 0.05) is 32.3 Å². The predicted octanol–water partition coefficient (Wildman–Crippen LogP) is 1.58. The molecule has 0 atom stereocenters. The molecule has 1 N–H and O–H groups in total. The molecule has 0 bridgehead atoms. The lowest BCUT2D eigenvalue weighted by molar-refractivity contribution is -0.125. The van der Waals surface area contributed by atoms with Crippen LogP contribution in [0.2, 0.25) is 0 Å². The molecule has 0 radical (unpaired) electrons. The molecule has 110 valence electrons. The van der Waals surface area contributed by atoms with Crippen LogP contribution in [0.25, 0.3) is 6.08 Å². The average molecular weight is 343 g/mol. The van der Waals surface area contributed by atoms with E-state index >= 15 is 0 Å². The van der Waals surface area contributed by atoms with Crippen LogP contribution in [0.15, 0.2) is 27.3 Å². The molecule has 1 amide bonds. The van der Waals surface area contributed by atoms with Gasteiger partial charge in [-0.1, -0.05) is 0 Å². The molecule has 2 heterocycles. The topological polar surface area (TPSA) is 56.9 Å². The monoisotopic (exact) mass is 342 g/mol. The van der Waals surface area contributed by atoms with E-state index < -0.39 is 0 Å². The minimum absolute atomic E-state index is 0.00312. The zero-order valence-corrected chi connectivity index (χ0v) is 12.9. The number of nitrogens with zero attached hydrogens (tertiary/aromatic N) is 2. The van der Waals surface area contributed by atoms with Gasteiger partial charge in [-0.25, -0.2) is 0 Å². The van der Waals surface area contributed by atoms with Crippen LogP contribution in [-0.4, -0.2) is 60.1 Å². The summed E-state index contributed by atoms with van der Waals surface area (Å²) in [5, 5.41) is 8.95. The van der Waals surface area contributed by atoms with Crippen molar-refractivity contribution in [3.8, 4) is 0 Å². The van der Waals surface area contributed by atoms with Gasteiger partial charge in [-0.15, -0.1) is 0 Å². The summed E-state index contributed by atoms with van der Waals surface area (Å²) in [6.07, 6.45) is 4.17. The number of carbonyl (C=O) groups excluding carboxylic acids is 1. The average Bonchev–Trinajstić information content (AvgIpc) is 2.71. The van der Waals surface area contributed by atoms with E-state index in [2.05, 4.69) is 20.8 Å². The van der Waals surface area contributed by atoms with Crippen molar-refractivity contribution in [2.75, 3.05) is 39.3 Å². The third kappa shape index (κ3) is 4.47. The number of halogens is 1. The molecule has 20 heavy (non-hydrogen) atoms. The molecule has 6 heteroatoms. The fraction of sp³-hybridized carbons (Fsp3) is 0.500. The summed E-state index contributed by atoms with van der Waals surface area (Å²) in [6.45, 7) is 4.04. The van der Waals surface area contributed by atoms with Crippen LogP contribution in [-0.2, 0) is 4.79 Å². The lowest BCUT2D eigenvalue weighted by atomic mass is 10.3. The van der Waals surface area contributed by atoms with E-state index in [4.69, 9.17) is 9.52 Å². The Labute approximate surface area is 127 Å². The molecule has 5 nitrogen and oxygen atoms in total. The van der Waals surface area contributed by atoms with Crippen molar-refractivity contribution < 1.29 is 14.3 Å². The Morgan fingerprint density at radius 2 is 2.20 bits per heavy atom. The second-order valence-corrected chi connectivity index (χ2v) is 5.50. The molecule has 1 aromatic heterocycles. The van der Waals surface area contributed by atoms with Crippen LogP contribution < -0.4 is 0 Å². The summed E-state index contributed by atoms with van der Waals surface area (Å²) in [4.78, 5) is 16.1. The van der Waals surface area contributed by atoms with Gasteiger partial charge >= 0.3 is 0 Å². The number of aliphatic hydroxyl groups excluding tert-OH is 1. The highest BCUT2D eigenvalue weighted by atomic mass is 79.9. The molecule has 1 aliphatic rings. The molecule has 0 saturated carbocycles. The van der Waals surface area contributed by atoms with Crippen LogP contribution in [0.3, 0.4) is 0 Å². The van der Waals surface area contributed by atoms with Crippen LogP contribution in [0.5, 0.6) is 0 Å². The number of rotatable bonds is 4. The van der Waals surface area contributed by atoms with Gasteiger partial charge in [0.1, 0.15) is 5.76 Å². The first kappa shape index (κ1) is 15.3. The molecule has 0 aliphatic carbocycles. The third-order valence-corrected chi connectivity index (χ3v) is 3.73. The van der Waals surface area contributed by atoms with Crippen LogP contribution in [0, 0.1) is 0 Å². The summed E-state index contributed by atoms with van der Waals surface area (Å²) in [6, 6.07) is 3.60. The number of hydrogen-bond donors (Lipinski definition) is 1. The second kappa shape index (κ2) is 7.61. The van der Waals surface area contributed by atoms with E-state index in [-0.39, 0.29) is 12.5 Å². The number of furan rings is 1. The van der Waals surface area contributed by atoms with Crippen molar-refractivity contribution >= 4 is 27.9 Å². The van der Waals surface area contributed by atoms with Gasteiger partial charge in [-0.3, -0.25) is 9.69 Å². The van der Waals surface area contributed by atoms with E-state index in [0.29, 0.717) is 23.5 Å². The van der Waals surface area contributed by atoms with Gasteiger partial charge in [-0.2, -0.15) is 0 Å². The molecule has 1 aromatic rings. The maximum absolute atomic E-state index is 12.1. The van der Waals surface area contributed by atoms with Crippen LogP contribution >= 0.6 is 15.9 Å². The molecular weight excluding hydrogens is 324 g/mol. The summed E-state index contributed by atoms with van der Waals surface area (Å²) >= 11 is 3.23. The van der Waals surface area contributed by atoms with Gasteiger partial charge in [0.15, 0.2) is 4.67 Å². The van der Waals surface area contributed by atoms with Gasteiger partial charge < -0.3 is 14.4 Å². The molecule has 0 spiro atoms. The fourth-order valence-electron chi connectivity index (χ4n) is 2.23. The van der Waals surface area contributed by atoms with Crippen molar-refractivity contribution in [2.24, 2.45) is 0 Å². The molecule has 0 unspecified atom stereocenters. The lowest BCUT2D eigenvalue weighted by Gasteiger charge is -2.20. The number of amides is 1. The summed E-state index contributed by atoms with van der Waals surface area (Å²) in [5.74, 6) is 0.658. The van der Waals surface area contributed by atoms with Crippen molar-refractivity contribution in [1.82, 2.24) is 9.80 Å². The van der Waals surface area contributed by atoms with Crippen LogP contribution in [0.4, 0.5) is 0 Å².